The SMILES string of the molecule is Cc1cc(NC(=O)CN(C)C(=O)C2CC(=O)N(c3cccc(C)c3C)C2)no1. The molecule has 1 aliphatic rings. The van der Waals surface area contributed by atoms with E-state index in [1.165, 1.54) is 4.90 Å². The van der Waals surface area contributed by atoms with E-state index in [9.17, 15) is 14.4 Å². The lowest BCUT2D eigenvalue weighted by Gasteiger charge is -2.22. The van der Waals surface area contributed by atoms with Crippen molar-refractivity contribution in [3.8, 4) is 0 Å². The van der Waals surface area contributed by atoms with Gasteiger partial charge in [-0.1, -0.05) is 17.3 Å². The molecule has 1 fully saturated rings. The average molecular weight is 384 g/mol. The molecule has 1 aromatic heterocycles. The second kappa shape index (κ2) is 7.84. The third kappa shape index (κ3) is 4.05. The molecule has 2 aromatic rings. The lowest BCUT2D eigenvalue weighted by molar-refractivity contribution is -0.137. The predicted molar refractivity (Wildman–Crippen MR) is 104 cm³/mol. The standard InChI is InChI=1S/C20H24N4O4/c1-12-6-5-7-16(14(12)3)24-10-15(9-19(24)26)20(27)23(4)11-18(25)21-17-8-13(2)28-22-17/h5-8,15H,9-11H2,1-4H3,(H,21,22,25). The first-order valence-electron chi connectivity index (χ1n) is 9.11. The lowest BCUT2D eigenvalue weighted by Crippen LogP contribution is -2.39. The van der Waals surface area contributed by atoms with Gasteiger partial charge in [-0.25, -0.2) is 0 Å². The number of benzene rings is 1. The Morgan fingerprint density at radius 3 is 2.75 bits per heavy atom. The van der Waals surface area contributed by atoms with Crippen molar-refractivity contribution < 1.29 is 18.9 Å². The first-order chi connectivity index (χ1) is 13.3. The number of nitrogens with one attached hydrogen (secondary N) is 1. The highest BCUT2D eigenvalue weighted by Crippen LogP contribution is 2.30. The summed E-state index contributed by atoms with van der Waals surface area (Å²) in [6.45, 7) is 5.87. The number of aryl methyl sites for hydroxylation is 2. The van der Waals surface area contributed by atoms with Crippen LogP contribution in [0.5, 0.6) is 0 Å². The van der Waals surface area contributed by atoms with Crippen molar-refractivity contribution >= 4 is 29.2 Å². The van der Waals surface area contributed by atoms with Gasteiger partial charge < -0.3 is 19.6 Å². The number of carbonyl (C=O) groups is 3. The minimum absolute atomic E-state index is 0.0806. The fourth-order valence-electron chi connectivity index (χ4n) is 3.35. The number of hydrogen-bond acceptors (Lipinski definition) is 5. The Hall–Kier alpha value is -3.16. The summed E-state index contributed by atoms with van der Waals surface area (Å²) in [5.41, 5.74) is 2.96. The van der Waals surface area contributed by atoms with Crippen LogP contribution in [-0.2, 0) is 14.4 Å². The Labute approximate surface area is 163 Å². The highest BCUT2D eigenvalue weighted by Gasteiger charge is 2.37. The first-order valence-corrected chi connectivity index (χ1v) is 9.11. The topological polar surface area (TPSA) is 95.8 Å². The van der Waals surface area contributed by atoms with E-state index in [-0.39, 0.29) is 30.7 Å². The van der Waals surface area contributed by atoms with Crippen LogP contribution >= 0.6 is 0 Å². The van der Waals surface area contributed by atoms with Gasteiger partial charge in [0.05, 0.1) is 12.5 Å². The van der Waals surface area contributed by atoms with E-state index in [4.69, 9.17) is 4.52 Å². The van der Waals surface area contributed by atoms with Crippen LogP contribution in [0.3, 0.4) is 0 Å². The van der Waals surface area contributed by atoms with E-state index in [1.54, 1.807) is 24.9 Å². The van der Waals surface area contributed by atoms with Gasteiger partial charge in [0.15, 0.2) is 5.82 Å². The number of likely N-dealkylation sites (N-methyl/N-ethyl adjacent to an activating group) is 1. The molecular formula is C20H24N4O4. The lowest BCUT2D eigenvalue weighted by atomic mass is 10.1. The molecule has 3 amide bonds. The molecule has 0 radical (unpaired) electrons. The second-order valence-corrected chi connectivity index (χ2v) is 7.19. The number of carbonyl (C=O) groups excluding carboxylic acids is 3. The molecule has 1 aliphatic heterocycles. The largest absolute Gasteiger partial charge is 0.360 e. The molecule has 148 valence electrons. The fourth-order valence-corrected chi connectivity index (χ4v) is 3.35. The first kappa shape index (κ1) is 19.6. The molecule has 1 N–H and O–H groups in total. The molecule has 2 heterocycles. The van der Waals surface area contributed by atoms with Gasteiger partial charge in [-0.15, -0.1) is 0 Å². The van der Waals surface area contributed by atoms with Crippen LogP contribution in [0.1, 0.15) is 23.3 Å². The highest BCUT2D eigenvalue weighted by molar-refractivity contribution is 6.01. The maximum atomic E-state index is 12.7. The van der Waals surface area contributed by atoms with Gasteiger partial charge in [-0.05, 0) is 38.0 Å². The minimum Gasteiger partial charge on any atom is -0.360 e. The fraction of sp³-hybridized carbons (Fsp3) is 0.400. The maximum Gasteiger partial charge on any atom is 0.245 e. The molecule has 1 saturated heterocycles. The van der Waals surface area contributed by atoms with Gasteiger partial charge >= 0.3 is 0 Å². The van der Waals surface area contributed by atoms with Gasteiger partial charge in [-0.3, -0.25) is 14.4 Å². The van der Waals surface area contributed by atoms with Crippen LogP contribution in [0, 0.1) is 26.7 Å². The van der Waals surface area contributed by atoms with Crippen molar-refractivity contribution in [2.75, 3.05) is 30.4 Å². The predicted octanol–water partition coefficient (Wildman–Crippen LogP) is 2.05. The Kier molecular flexibility index (Phi) is 5.48. The van der Waals surface area contributed by atoms with Crippen molar-refractivity contribution in [2.45, 2.75) is 27.2 Å². The summed E-state index contributed by atoms with van der Waals surface area (Å²) in [6, 6.07) is 7.38. The Balaban J connectivity index is 1.62. The van der Waals surface area contributed by atoms with E-state index < -0.39 is 5.92 Å². The Morgan fingerprint density at radius 2 is 2.07 bits per heavy atom. The second-order valence-electron chi connectivity index (χ2n) is 7.19. The van der Waals surface area contributed by atoms with Crippen LogP contribution in [0.2, 0.25) is 0 Å². The Bertz CT molecular complexity index is 921. The normalized spacial score (nSPS) is 16.4. The van der Waals surface area contributed by atoms with Crippen LogP contribution in [0.4, 0.5) is 11.5 Å². The molecule has 0 aliphatic carbocycles. The van der Waals surface area contributed by atoms with Crippen molar-refractivity contribution in [1.29, 1.82) is 0 Å². The summed E-state index contributed by atoms with van der Waals surface area (Å²) in [7, 11) is 1.56. The van der Waals surface area contributed by atoms with Gasteiger partial charge in [0.2, 0.25) is 17.7 Å². The molecule has 1 unspecified atom stereocenters. The summed E-state index contributed by atoms with van der Waals surface area (Å²) >= 11 is 0. The number of aromatic nitrogens is 1. The molecule has 3 rings (SSSR count). The summed E-state index contributed by atoms with van der Waals surface area (Å²) < 4.78 is 4.89. The van der Waals surface area contributed by atoms with E-state index in [2.05, 4.69) is 10.5 Å². The number of hydrogen-bond donors (Lipinski definition) is 1. The summed E-state index contributed by atoms with van der Waals surface area (Å²) in [5.74, 6) is -0.272. The third-order valence-electron chi connectivity index (χ3n) is 4.99. The van der Waals surface area contributed by atoms with Crippen molar-refractivity contribution in [2.24, 2.45) is 5.92 Å². The minimum atomic E-state index is -0.473. The molecule has 8 nitrogen and oxygen atoms in total. The van der Waals surface area contributed by atoms with E-state index in [1.807, 2.05) is 32.0 Å². The molecule has 28 heavy (non-hydrogen) atoms. The molecule has 1 aromatic carbocycles. The number of rotatable bonds is 5. The molecular weight excluding hydrogens is 360 g/mol. The van der Waals surface area contributed by atoms with Crippen molar-refractivity contribution in [3.63, 3.8) is 0 Å². The van der Waals surface area contributed by atoms with Crippen LogP contribution in [0.25, 0.3) is 0 Å². The zero-order chi connectivity index (χ0) is 20.4. The molecule has 8 heteroatoms. The molecule has 1 atom stereocenters. The van der Waals surface area contributed by atoms with Crippen LogP contribution < -0.4 is 10.2 Å². The number of nitrogens with zero attached hydrogens (tertiary/aromatic N) is 3. The average Bonchev–Trinajstić information content (AvgIpc) is 3.22. The maximum absolute atomic E-state index is 12.7. The van der Waals surface area contributed by atoms with Gasteiger partial charge in [0, 0.05) is 31.8 Å². The monoisotopic (exact) mass is 384 g/mol. The van der Waals surface area contributed by atoms with Crippen molar-refractivity contribution in [1.82, 2.24) is 10.1 Å². The van der Waals surface area contributed by atoms with E-state index in [0.29, 0.717) is 18.1 Å². The van der Waals surface area contributed by atoms with Crippen molar-refractivity contribution in [3.05, 3.63) is 41.2 Å². The summed E-state index contributed by atoms with van der Waals surface area (Å²) in [4.78, 5) is 40.4. The number of anilines is 2. The molecule has 0 bridgehead atoms. The van der Waals surface area contributed by atoms with Gasteiger partial charge in [0.25, 0.3) is 0 Å². The molecule has 0 spiro atoms. The third-order valence-corrected chi connectivity index (χ3v) is 4.99. The molecule has 0 saturated carbocycles. The Morgan fingerprint density at radius 1 is 1.32 bits per heavy atom. The highest BCUT2D eigenvalue weighted by atomic mass is 16.5. The van der Waals surface area contributed by atoms with E-state index >= 15 is 0 Å². The smallest absolute Gasteiger partial charge is 0.245 e. The van der Waals surface area contributed by atoms with Crippen LogP contribution in [0.15, 0.2) is 28.8 Å². The van der Waals surface area contributed by atoms with Gasteiger partial charge in [-0.2, -0.15) is 0 Å². The number of amides is 3. The zero-order valence-electron chi connectivity index (χ0n) is 16.5. The van der Waals surface area contributed by atoms with E-state index in [0.717, 1.165) is 16.8 Å². The van der Waals surface area contributed by atoms with Gasteiger partial charge in [0.1, 0.15) is 5.76 Å². The van der Waals surface area contributed by atoms with Crippen LogP contribution in [-0.4, -0.2) is 47.9 Å². The summed E-state index contributed by atoms with van der Waals surface area (Å²) in [5, 5.41) is 6.27. The summed E-state index contributed by atoms with van der Waals surface area (Å²) in [6.07, 6.45) is 0.140. The quantitative estimate of drug-likeness (QED) is 0.851. The zero-order valence-corrected chi connectivity index (χ0v) is 16.5.